The minimum absolute atomic E-state index is 1.03. The number of hydrogen-bond acceptors (Lipinski definition) is 3. The van der Waals surface area contributed by atoms with Crippen molar-refractivity contribution in [1.29, 1.82) is 0 Å². The summed E-state index contributed by atoms with van der Waals surface area (Å²) in [5.41, 5.74) is 6.72. The largest absolute Gasteiger partial charge is 0.361 e. The quantitative estimate of drug-likeness (QED) is 0.470. The summed E-state index contributed by atoms with van der Waals surface area (Å²) in [7, 11) is 0. The molecule has 0 radical (unpaired) electrons. The number of aromatic nitrogens is 4. The molecule has 3 aromatic heterocycles. The second-order valence-corrected chi connectivity index (χ2v) is 6.75. The number of aryl methyl sites for hydroxylation is 1. The first kappa shape index (κ1) is 13.5. The van der Waals surface area contributed by atoms with Crippen LogP contribution in [-0.4, -0.2) is 20.2 Å². The van der Waals surface area contributed by atoms with E-state index >= 15 is 0 Å². The third-order valence-corrected chi connectivity index (χ3v) is 5.31. The zero-order valence-corrected chi connectivity index (χ0v) is 13.8. The summed E-state index contributed by atoms with van der Waals surface area (Å²) in [6, 6.07) is 12.8. The van der Waals surface area contributed by atoms with Gasteiger partial charge < -0.3 is 4.98 Å². The van der Waals surface area contributed by atoms with Crippen LogP contribution >= 0.6 is 11.3 Å². The monoisotopic (exact) mass is 330 g/mol. The maximum Gasteiger partial charge on any atom is 0.124 e. The topological polar surface area (TPSA) is 57.4 Å². The van der Waals surface area contributed by atoms with Crippen molar-refractivity contribution in [2.45, 2.75) is 6.92 Å². The summed E-state index contributed by atoms with van der Waals surface area (Å²) in [4.78, 5) is 7.95. The van der Waals surface area contributed by atoms with Gasteiger partial charge in [0.25, 0.3) is 0 Å². The van der Waals surface area contributed by atoms with Gasteiger partial charge in [0.15, 0.2) is 0 Å². The SMILES string of the molecule is Cc1csc(-c2cc(-c3cccc4[nH]ccc34)cc3[nH]ncc23)n1. The normalized spacial score (nSPS) is 11.5. The smallest absolute Gasteiger partial charge is 0.124 e. The van der Waals surface area contributed by atoms with Gasteiger partial charge in [0.2, 0.25) is 0 Å². The van der Waals surface area contributed by atoms with Gasteiger partial charge in [-0.05, 0) is 42.3 Å². The Hall–Kier alpha value is -2.92. The maximum absolute atomic E-state index is 4.67. The van der Waals surface area contributed by atoms with E-state index in [0.29, 0.717) is 0 Å². The van der Waals surface area contributed by atoms with E-state index in [0.717, 1.165) is 32.7 Å². The van der Waals surface area contributed by atoms with E-state index in [9.17, 15) is 0 Å². The molecule has 24 heavy (non-hydrogen) atoms. The highest BCUT2D eigenvalue weighted by atomic mass is 32.1. The molecule has 5 heteroatoms. The van der Waals surface area contributed by atoms with E-state index in [1.54, 1.807) is 11.3 Å². The fourth-order valence-corrected chi connectivity index (χ4v) is 4.03. The van der Waals surface area contributed by atoms with Crippen LogP contribution in [0.5, 0.6) is 0 Å². The molecule has 0 aliphatic rings. The fourth-order valence-electron chi connectivity index (χ4n) is 3.20. The van der Waals surface area contributed by atoms with E-state index in [1.807, 2.05) is 19.3 Å². The molecule has 0 saturated heterocycles. The van der Waals surface area contributed by atoms with Crippen molar-refractivity contribution in [2.75, 3.05) is 0 Å². The van der Waals surface area contributed by atoms with Crippen LogP contribution in [0.25, 0.3) is 43.5 Å². The van der Waals surface area contributed by atoms with Gasteiger partial charge in [0, 0.05) is 39.1 Å². The van der Waals surface area contributed by atoms with E-state index < -0.39 is 0 Å². The number of thiazole rings is 1. The Morgan fingerprint density at radius 2 is 1.96 bits per heavy atom. The standard InChI is InChI=1S/C19H14N4S/c1-11-10-24-19(22-11)15-7-12(8-18-16(15)9-21-23-18)13-3-2-4-17-14(13)5-6-20-17/h2-10,20H,1H3,(H,21,23). The minimum atomic E-state index is 1.03. The Labute approximate surface area is 142 Å². The first-order valence-corrected chi connectivity index (χ1v) is 8.64. The highest BCUT2D eigenvalue weighted by molar-refractivity contribution is 7.13. The Balaban J connectivity index is 1.82. The zero-order chi connectivity index (χ0) is 16.1. The van der Waals surface area contributed by atoms with Gasteiger partial charge in [-0.25, -0.2) is 4.98 Å². The highest BCUT2D eigenvalue weighted by Gasteiger charge is 2.13. The summed E-state index contributed by atoms with van der Waals surface area (Å²) >= 11 is 1.67. The van der Waals surface area contributed by atoms with Crippen LogP contribution in [0.15, 0.2) is 54.2 Å². The third-order valence-electron chi connectivity index (χ3n) is 4.31. The van der Waals surface area contributed by atoms with Crippen LogP contribution in [0.1, 0.15) is 5.69 Å². The van der Waals surface area contributed by atoms with Crippen LogP contribution < -0.4 is 0 Å². The summed E-state index contributed by atoms with van der Waals surface area (Å²) < 4.78 is 0. The van der Waals surface area contributed by atoms with Crippen LogP contribution in [-0.2, 0) is 0 Å². The van der Waals surface area contributed by atoms with Crippen molar-refractivity contribution >= 4 is 33.1 Å². The molecule has 5 aromatic rings. The van der Waals surface area contributed by atoms with Crippen LogP contribution in [0.2, 0.25) is 0 Å². The number of nitrogens with zero attached hydrogens (tertiary/aromatic N) is 2. The average molecular weight is 330 g/mol. The number of H-pyrrole nitrogens is 2. The zero-order valence-electron chi connectivity index (χ0n) is 13.0. The first-order chi connectivity index (χ1) is 11.8. The van der Waals surface area contributed by atoms with E-state index in [4.69, 9.17) is 0 Å². The molecule has 0 aliphatic heterocycles. The van der Waals surface area contributed by atoms with Crippen molar-refractivity contribution in [3.05, 3.63) is 59.9 Å². The second-order valence-electron chi connectivity index (χ2n) is 5.89. The van der Waals surface area contributed by atoms with Gasteiger partial charge in [-0.1, -0.05) is 12.1 Å². The Morgan fingerprint density at radius 3 is 2.83 bits per heavy atom. The van der Waals surface area contributed by atoms with Gasteiger partial charge in [-0.15, -0.1) is 11.3 Å². The lowest BCUT2D eigenvalue weighted by atomic mass is 9.98. The number of aromatic amines is 2. The molecule has 3 heterocycles. The molecule has 0 spiro atoms. The van der Waals surface area contributed by atoms with Gasteiger partial charge in [0.05, 0.1) is 11.7 Å². The molecule has 0 aliphatic carbocycles. The lowest BCUT2D eigenvalue weighted by molar-refractivity contribution is 1.12. The fraction of sp³-hybridized carbons (Fsp3) is 0.0526. The van der Waals surface area contributed by atoms with Crippen molar-refractivity contribution in [2.24, 2.45) is 0 Å². The Kier molecular flexibility index (Phi) is 2.84. The molecule has 116 valence electrons. The molecule has 0 unspecified atom stereocenters. The summed E-state index contributed by atoms with van der Waals surface area (Å²) in [6.45, 7) is 2.02. The van der Waals surface area contributed by atoms with Crippen LogP contribution in [0.3, 0.4) is 0 Å². The Bertz CT molecular complexity index is 1180. The number of rotatable bonds is 2. The minimum Gasteiger partial charge on any atom is -0.361 e. The average Bonchev–Trinajstić information content (AvgIpc) is 3.33. The Morgan fingerprint density at radius 1 is 1.00 bits per heavy atom. The summed E-state index contributed by atoms with van der Waals surface area (Å²) in [6.07, 6.45) is 3.86. The molecular weight excluding hydrogens is 316 g/mol. The molecule has 2 aromatic carbocycles. The molecule has 0 saturated carbocycles. The second kappa shape index (κ2) is 5.04. The molecule has 2 N–H and O–H groups in total. The molecule has 0 bridgehead atoms. The molecule has 0 fully saturated rings. The molecule has 0 atom stereocenters. The lowest BCUT2D eigenvalue weighted by Gasteiger charge is -2.07. The van der Waals surface area contributed by atoms with Crippen LogP contribution in [0, 0.1) is 6.92 Å². The maximum atomic E-state index is 4.67. The van der Waals surface area contributed by atoms with Gasteiger partial charge in [0.1, 0.15) is 5.01 Å². The van der Waals surface area contributed by atoms with Crippen molar-refractivity contribution < 1.29 is 0 Å². The van der Waals surface area contributed by atoms with Gasteiger partial charge in [-0.2, -0.15) is 5.10 Å². The van der Waals surface area contributed by atoms with Crippen LogP contribution in [0.4, 0.5) is 0 Å². The van der Waals surface area contributed by atoms with E-state index in [-0.39, 0.29) is 0 Å². The molecular formula is C19H14N4S. The predicted octanol–water partition coefficient (Wildman–Crippen LogP) is 5.14. The highest BCUT2D eigenvalue weighted by Crippen LogP contribution is 2.36. The molecule has 5 rings (SSSR count). The predicted molar refractivity (Wildman–Crippen MR) is 99.2 cm³/mol. The summed E-state index contributed by atoms with van der Waals surface area (Å²) in [5, 5.41) is 12.8. The summed E-state index contributed by atoms with van der Waals surface area (Å²) in [5.74, 6) is 0. The lowest BCUT2D eigenvalue weighted by Crippen LogP contribution is -1.85. The van der Waals surface area contributed by atoms with E-state index in [1.165, 1.54) is 16.5 Å². The van der Waals surface area contributed by atoms with Gasteiger partial charge >= 0.3 is 0 Å². The number of nitrogens with one attached hydrogen (secondary N) is 2. The molecule has 0 amide bonds. The van der Waals surface area contributed by atoms with E-state index in [2.05, 4.69) is 61.9 Å². The van der Waals surface area contributed by atoms with Crippen molar-refractivity contribution in [3.63, 3.8) is 0 Å². The van der Waals surface area contributed by atoms with Crippen molar-refractivity contribution in [3.8, 4) is 21.7 Å². The van der Waals surface area contributed by atoms with Crippen molar-refractivity contribution in [1.82, 2.24) is 20.2 Å². The number of hydrogen-bond donors (Lipinski definition) is 2. The first-order valence-electron chi connectivity index (χ1n) is 7.76. The van der Waals surface area contributed by atoms with Gasteiger partial charge in [-0.3, -0.25) is 5.10 Å². The molecule has 4 nitrogen and oxygen atoms in total. The number of benzene rings is 2. The number of fused-ring (bicyclic) bond motifs is 2. The third kappa shape index (κ3) is 1.98.